The number of allylic oxidation sites excluding steroid dienone is 1. The largest absolute Gasteiger partial charge is 0.506 e. The molecule has 18 heavy (non-hydrogen) atoms. The van der Waals surface area contributed by atoms with Crippen molar-refractivity contribution in [2.45, 2.75) is 13.8 Å². The lowest BCUT2D eigenvalue weighted by molar-refractivity contribution is -0.117. The number of ketones is 1. The minimum atomic E-state index is -0.180. The van der Waals surface area contributed by atoms with Gasteiger partial charge in [-0.25, -0.2) is 0 Å². The number of carbonyl (C=O) groups is 1. The van der Waals surface area contributed by atoms with Crippen molar-refractivity contribution in [1.82, 2.24) is 0 Å². The van der Waals surface area contributed by atoms with Crippen LogP contribution in [0.1, 0.15) is 19.4 Å². The summed E-state index contributed by atoms with van der Waals surface area (Å²) in [5.74, 6) is -0.380. The smallest absolute Gasteiger partial charge is 0.175 e. The van der Waals surface area contributed by atoms with E-state index < -0.39 is 0 Å². The van der Waals surface area contributed by atoms with Gasteiger partial charge in [-0.15, -0.1) is 11.8 Å². The third-order valence-corrected chi connectivity index (χ3v) is 3.70. The highest BCUT2D eigenvalue weighted by molar-refractivity contribution is 8.03. The fourth-order valence-electron chi connectivity index (χ4n) is 1.38. The molecule has 0 heterocycles. The van der Waals surface area contributed by atoms with Crippen LogP contribution in [0, 0.1) is 5.92 Å². The van der Waals surface area contributed by atoms with Crippen molar-refractivity contribution in [3.05, 3.63) is 38.7 Å². The molecular weight excluding hydrogens is 291 g/mol. The van der Waals surface area contributed by atoms with E-state index in [1.807, 2.05) is 0 Å². The Morgan fingerprint density at radius 3 is 2.39 bits per heavy atom. The molecule has 1 rings (SSSR count). The summed E-state index contributed by atoms with van der Waals surface area (Å²) in [5.41, 5.74) is 0.416. The van der Waals surface area contributed by atoms with Crippen molar-refractivity contribution in [1.29, 1.82) is 0 Å². The maximum atomic E-state index is 12.0. The van der Waals surface area contributed by atoms with Gasteiger partial charge in [-0.1, -0.05) is 37.0 Å². The molecule has 0 amide bonds. The first kappa shape index (κ1) is 15.4. The summed E-state index contributed by atoms with van der Waals surface area (Å²) < 4.78 is 0. The van der Waals surface area contributed by atoms with Crippen molar-refractivity contribution in [3.8, 4) is 0 Å². The van der Waals surface area contributed by atoms with Crippen LogP contribution in [0.5, 0.6) is 0 Å². The van der Waals surface area contributed by atoms with E-state index in [1.165, 1.54) is 17.8 Å². The topological polar surface area (TPSA) is 37.3 Å². The Balaban J connectivity index is 3.31. The van der Waals surface area contributed by atoms with Crippen molar-refractivity contribution < 1.29 is 9.90 Å². The maximum Gasteiger partial charge on any atom is 0.175 e. The first-order chi connectivity index (χ1) is 8.38. The molecule has 0 bridgehead atoms. The van der Waals surface area contributed by atoms with Gasteiger partial charge in [-0.3, -0.25) is 4.79 Å². The van der Waals surface area contributed by atoms with E-state index >= 15 is 0 Å². The lowest BCUT2D eigenvalue weighted by Gasteiger charge is -2.11. The number of thioether (sulfide) groups is 1. The molecule has 0 saturated heterocycles. The van der Waals surface area contributed by atoms with Crippen LogP contribution in [0.2, 0.25) is 10.0 Å². The first-order valence-corrected chi connectivity index (χ1v) is 7.33. The number of carbonyl (C=O) groups excluding carboxylic acids is 1. The van der Waals surface area contributed by atoms with Crippen LogP contribution in [0.25, 0.3) is 5.76 Å². The summed E-state index contributed by atoms with van der Waals surface area (Å²) in [6, 6.07) is 4.76. The molecule has 0 aliphatic rings. The third kappa shape index (κ3) is 3.44. The first-order valence-electron chi connectivity index (χ1n) is 5.35. The number of rotatable bonds is 4. The Kier molecular flexibility index (Phi) is 5.57. The van der Waals surface area contributed by atoms with E-state index in [4.69, 9.17) is 23.2 Å². The number of halogens is 2. The van der Waals surface area contributed by atoms with E-state index in [0.717, 1.165) is 0 Å². The van der Waals surface area contributed by atoms with E-state index in [9.17, 15) is 9.90 Å². The van der Waals surface area contributed by atoms with Gasteiger partial charge in [-0.05, 0) is 24.5 Å². The van der Waals surface area contributed by atoms with Crippen LogP contribution in [0.15, 0.2) is 23.1 Å². The van der Waals surface area contributed by atoms with Gasteiger partial charge >= 0.3 is 0 Å². The molecule has 0 saturated carbocycles. The lowest BCUT2D eigenvalue weighted by atomic mass is 10.1. The molecule has 0 aliphatic heterocycles. The van der Waals surface area contributed by atoms with Crippen molar-refractivity contribution in [2.75, 3.05) is 6.26 Å². The Hall–Kier alpha value is -0.640. The zero-order chi connectivity index (χ0) is 13.9. The van der Waals surface area contributed by atoms with Gasteiger partial charge in [-0.2, -0.15) is 0 Å². The summed E-state index contributed by atoms with van der Waals surface area (Å²) >= 11 is 13.0. The summed E-state index contributed by atoms with van der Waals surface area (Å²) in [7, 11) is 0. The van der Waals surface area contributed by atoms with E-state index in [-0.39, 0.29) is 17.5 Å². The average Bonchev–Trinajstić information content (AvgIpc) is 2.29. The molecule has 0 spiro atoms. The van der Waals surface area contributed by atoms with Gasteiger partial charge < -0.3 is 5.11 Å². The van der Waals surface area contributed by atoms with E-state index in [2.05, 4.69) is 0 Å². The van der Waals surface area contributed by atoms with Gasteiger partial charge in [0, 0.05) is 16.5 Å². The molecule has 0 unspecified atom stereocenters. The van der Waals surface area contributed by atoms with Crippen molar-refractivity contribution in [3.63, 3.8) is 0 Å². The molecule has 1 aromatic carbocycles. The van der Waals surface area contributed by atoms with Crippen LogP contribution < -0.4 is 0 Å². The Morgan fingerprint density at radius 1 is 1.33 bits per heavy atom. The molecule has 0 radical (unpaired) electrons. The predicted octanol–water partition coefficient (Wildman–Crippen LogP) is 4.81. The zero-order valence-corrected chi connectivity index (χ0v) is 12.7. The van der Waals surface area contributed by atoms with Gasteiger partial charge in [0.2, 0.25) is 0 Å². The van der Waals surface area contributed by atoms with Crippen LogP contribution in [-0.2, 0) is 4.79 Å². The van der Waals surface area contributed by atoms with Crippen LogP contribution in [-0.4, -0.2) is 17.1 Å². The number of hydrogen-bond acceptors (Lipinski definition) is 3. The number of aliphatic hydroxyl groups is 1. The minimum Gasteiger partial charge on any atom is -0.506 e. The number of hydrogen-bond donors (Lipinski definition) is 1. The van der Waals surface area contributed by atoms with E-state index in [0.29, 0.717) is 20.5 Å². The maximum absolute atomic E-state index is 12.0. The summed E-state index contributed by atoms with van der Waals surface area (Å²) in [4.78, 5) is 12.3. The van der Waals surface area contributed by atoms with Crippen LogP contribution in [0.3, 0.4) is 0 Å². The molecular formula is C13H14Cl2O2S. The minimum absolute atomic E-state index is 0.0946. The molecule has 1 aromatic rings. The number of aliphatic hydroxyl groups excluding tert-OH is 1. The molecule has 1 N–H and O–H groups in total. The monoisotopic (exact) mass is 304 g/mol. The number of Topliss-reactive ketones (excluding diaryl/α,β-unsaturated/α-hetero) is 1. The zero-order valence-electron chi connectivity index (χ0n) is 10.3. The molecule has 0 atom stereocenters. The second kappa shape index (κ2) is 6.50. The van der Waals surface area contributed by atoms with Gasteiger partial charge in [0.1, 0.15) is 5.76 Å². The highest BCUT2D eigenvalue weighted by atomic mass is 35.5. The molecule has 2 nitrogen and oxygen atoms in total. The van der Waals surface area contributed by atoms with Crippen molar-refractivity contribution >= 4 is 46.5 Å². The summed E-state index contributed by atoms with van der Waals surface area (Å²) in [6.07, 6.45) is 1.75. The lowest BCUT2D eigenvalue weighted by Crippen LogP contribution is -2.10. The molecule has 0 aromatic heterocycles. The highest BCUT2D eigenvalue weighted by Crippen LogP contribution is 2.31. The highest BCUT2D eigenvalue weighted by Gasteiger charge is 2.20. The molecule has 0 fully saturated rings. The summed E-state index contributed by atoms with van der Waals surface area (Å²) in [6.45, 7) is 3.57. The normalized spacial score (nSPS) is 12.6. The van der Waals surface area contributed by atoms with Gasteiger partial charge in [0.15, 0.2) is 5.78 Å². The molecule has 98 valence electrons. The van der Waals surface area contributed by atoms with Crippen LogP contribution in [0.4, 0.5) is 0 Å². The van der Waals surface area contributed by atoms with Gasteiger partial charge in [0.05, 0.1) is 9.93 Å². The number of benzene rings is 1. The fourth-order valence-corrected chi connectivity index (χ4v) is 2.62. The third-order valence-electron chi connectivity index (χ3n) is 2.35. The second-order valence-electron chi connectivity index (χ2n) is 4.02. The standard InChI is InChI=1S/C13H14Cl2O2S/c1-7(2)11(16)13(18-3)12(17)9-5-4-8(14)6-10(9)15/h4-7,17H,1-3H3/b13-12+. The Morgan fingerprint density at radius 2 is 1.94 bits per heavy atom. The average molecular weight is 305 g/mol. The fraction of sp³-hybridized carbons (Fsp3) is 0.308. The summed E-state index contributed by atoms with van der Waals surface area (Å²) in [5, 5.41) is 11.0. The quantitative estimate of drug-likeness (QED) is 0.641. The molecule has 0 aliphatic carbocycles. The van der Waals surface area contributed by atoms with Crippen molar-refractivity contribution in [2.24, 2.45) is 5.92 Å². The Labute approximate surface area is 121 Å². The second-order valence-corrected chi connectivity index (χ2v) is 5.69. The Bertz CT molecular complexity index is 496. The van der Waals surface area contributed by atoms with Crippen LogP contribution >= 0.6 is 35.0 Å². The molecule has 5 heteroatoms. The SMILES string of the molecule is CS/C(C(=O)C(C)C)=C(/O)c1ccc(Cl)cc1Cl. The predicted molar refractivity (Wildman–Crippen MR) is 79.4 cm³/mol. The van der Waals surface area contributed by atoms with E-state index in [1.54, 1.807) is 32.2 Å². The van der Waals surface area contributed by atoms with Gasteiger partial charge in [0.25, 0.3) is 0 Å².